The number of hydrogen-bond acceptors (Lipinski definition) is 4. The third-order valence-corrected chi connectivity index (χ3v) is 7.16. The molecule has 0 aliphatic rings. The van der Waals surface area contributed by atoms with Gasteiger partial charge in [0.05, 0.1) is 32.3 Å². The van der Waals surface area contributed by atoms with Gasteiger partial charge < -0.3 is 20.3 Å². The topological polar surface area (TPSA) is 113 Å². The van der Waals surface area contributed by atoms with Crippen molar-refractivity contribution < 1.29 is 19.5 Å². The van der Waals surface area contributed by atoms with Gasteiger partial charge in [0.25, 0.3) is 11.8 Å². The quantitative estimate of drug-likeness (QED) is 0.190. The number of aromatic nitrogens is 2. The summed E-state index contributed by atoms with van der Waals surface area (Å²) in [7, 11) is 1.85. The van der Waals surface area contributed by atoms with Gasteiger partial charge in [-0.05, 0) is 66.7 Å². The second-order valence-corrected chi connectivity index (χ2v) is 10.1. The van der Waals surface area contributed by atoms with Crippen LogP contribution in [0.3, 0.4) is 0 Å². The maximum atomic E-state index is 13.0. The first-order chi connectivity index (χ1) is 19.1. The van der Waals surface area contributed by atoms with Crippen LogP contribution in [-0.2, 0) is 7.05 Å². The van der Waals surface area contributed by atoms with E-state index in [1.54, 1.807) is 60.7 Å². The molecule has 8 nitrogen and oxygen atoms in total. The van der Waals surface area contributed by atoms with Crippen molar-refractivity contribution in [1.82, 2.24) is 9.55 Å². The highest BCUT2D eigenvalue weighted by Gasteiger charge is 2.18. The number of carbonyl (C=O) groups excluding carboxylic acids is 2. The zero-order valence-electron chi connectivity index (χ0n) is 20.7. The minimum absolute atomic E-state index is 0.0497. The number of anilines is 2. The molecule has 0 fully saturated rings. The zero-order valence-corrected chi connectivity index (χ0v) is 23.0. The Morgan fingerprint density at radius 2 is 1.40 bits per heavy atom. The highest BCUT2D eigenvalue weighted by atomic mass is 35.5. The Hall–Kier alpha value is -4.37. The summed E-state index contributed by atoms with van der Waals surface area (Å²) in [6, 6.07) is 20.6. The van der Waals surface area contributed by atoms with Gasteiger partial charge in [-0.2, -0.15) is 0 Å². The van der Waals surface area contributed by atoms with E-state index >= 15 is 0 Å². The highest BCUT2D eigenvalue weighted by molar-refractivity contribution is 6.42. The maximum Gasteiger partial charge on any atom is 0.337 e. The van der Waals surface area contributed by atoms with Crippen molar-refractivity contribution in [2.24, 2.45) is 7.05 Å². The predicted octanol–water partition coefficient (Wildman–Crippen LogP) is 7.40. The third-order valence-electron chi connectivity index (χ3n) is 6.19. The Morgan fingerprint density at radius 1 is 0.775 bits per heavy atom. The molecule has 0 radical (unpaired) electrons. The molecule has 0 spiro atoms. The summed E-state index contributed by atoms with van der Waals surface area (Å²) in [5.41, 5.74) is 2.97. The second kappa shape index (κ2) is 11.0. The van der Waals surface area contributed by atoms with Crippen molar-refractivity contribution >= 4 is 75.0 Å². The molecule has 3 N–H and O–H groups in total. The zero-order chi connectivity index (χ0) is 28.6. The summed E-state index contributed by atoms with van der Waals surface area (Å²) in [6.45, 7) is 0. The Labute approximate surface area is 243 Å². The van der Waals surface area contributed by atoms with Gasteiger partial charge in [0.1, 0.15) is 5.82 Å². The number of halogens is 3. The number of aromatic carboxylic acids is 1. The summed E-state index contributed by atoms with van der Waals surface area (Å²) >= 11 is 18.1. The first-order valence-electron chi connectivity index (χ1n) is 11.8. The fourth-order valence-electron chi connectivity index (χ4n) is 4.12. The van der Waals surface area contributed by atoms with Crippen LogP contribution in [0.5, 0.6) is 0 Å². The van der Waals surface area contributed by atoms with Crippen LogP contribution in [0.1, 0.15) is 31.1 Å². The standard InChI is InChI=1S/C29H19Cl3N4O4/c1-36-25-14-22(32)21(31)13-24(25)34-26(36)15-2-4-16(5-3-15)27(37)35-23-11-6-17(12-20(23)29(39)40)28(38)33-19-9-7-18(30)8-10-19/h2-14H,1H3,(H,33,38)(H,35,37)(H,39,40). The molecule has 1 heterocycles. The largest absolute Gasteiger partial charge is 0.478 e. The number of aryl methyl sites for hydroxylation is 1. The number of amides is 2. The van der Waals surface area contributed by atoms with Crippen LogP contribution in [0.15, 0.2) is 78.9 Å². The molecule has 2 amide bonds. The lowest BCUT2D eigenvalue weighted by atomic mass is 10.1. The molecule has 0 saturated carbocycles. The summed E-state index contributed by atoms with van der Waals surface area (Å²) in [5, 5.41) is 16.4. The van der Waals surface area contributed by atoms with Crippen LogP contribution in [-0.4, -0.2) is 32.4 Å². The summed E-state index contributed by atoms with van der Waals surface area (Å²) < 4.78 is 1.87. The number of rotatable bonds is 6. The lowest BCUT2D eigenvalue weighted by Crippen LogP contribution is -2.17. The summed E-state index contributed by atoms with van der Waals surface area (Å²) in [6.07, 6.45) is 0. The minimum atomic E-state index is -1.30. The van der Waals surface area contributed by atoms with Crippen LogP contribution < -0.4 is 10.6 Å². The smallest absolute Gasteiger partial charge is 0.337 e. The number of nitrogens with zero attached hydrogens (tertiary/aromatic N) is 2. The van der Waals surface area contributed by atoms with Crippen LogP contribution in [0.25, 0.3) is 22.4 Å². The third kappa shape index (κ3) is 5.51. The number of carboxylic acids is 1. The number of carboxylic acid groups (broad SMARTS) is 1. The molecule has 0 saturated heterocycles. The van der Waals surface area contributed by atoms with Crippen molar-refractivity contribution in [3.05, 3.63) is 111 Å². The molecule has 0 bridgehead atoms. The Balaban J connectivity index is 1.34. The number of benzene rings is 4. The molecular weight excluding hydrogens is 575 g/mol. The van der Waals surface area contributed by atoms with Gasteiger partial charge in [0.15, 0.2) is 0 Å². The van der Waals surface area contributed by atoms with E-state index in [9.17, 15) is 19.5 Å². The van der Waals surface area contributed by atoms with Crippen LogP contribution >= 0.6 is 34.8 Å². The van der Waals surface area contributed by atoms with Crippen LogP contribution in [0, 0.1) is 0 Å². The average Bonchev–Trinajstić information content (AvgIpc) is 3.25. The highest BCUT2D eigenvalue weighted by Crippen LogP contribution is 2.31. The summed E-state index contributed by atoms with van der Waals surface area (Å²) in [4.78, 5) is 42.2. The van der Waals surface area contributed by atoms with Gasteiger partial charge in [-0.15, -0.1) is 0 Å². The van der Waals surface area contributed by atoms with Crippen molar-refractivity contribution in [2.75, 3.05) is 10.6 Å². The molecule has 0 aliphatic carbocycles. The van der Waals surface area contributed by atoms with E-state index in [1.165, 1.54) is 18.2 Å². The molecule has 11 heteroatoms. The monoisotopic (exact) mass is 592 g/mol. The van der Waals surface area contributed by atoms with Gasteiger partial charge in [-0.1, -0.05) is 46.9 Å². The number of imidazole rings is 1. The number of nitrogens with one attached hydrogen (secondary N) is 2. The van der Waals surface area contributed by atoms with Crippen molar-refractivity contribution in [3.8, 4) is 11.4 Å². The molecule has 0 unspecified atom stereocenters. The Kier molecular flexibility index (Phi) is 7.49. The van der Waals surface area contributed by atoms with Crippen molar-refractivity contribution in [2.45, 2.75) is 0 Å². The predicted molar refractivity (Wildman–Crippen MR) is 157 cm³/mol. The van der Waals surface area contributed by atoms with E-state index in [0.29, 0.717) is 37.7 Å². The molecule has 0 aliphatic heterocycles. The van der Waals surface area contributed by atoms with E-state index in [4.69, 9.17) is 34.8 Å². The van der Waals surface area contributed by atoms with Gasteiger partial charge in [0, 0.05) is 34.4 Å². The Morgan fingerprint density at radius 3 is 2.08 bits per heavy atom. The molecule has 40 heavy (non-hydrogen) atoms. The van der Waals surface area contributed by atoms with Crippen LogP contribution in [0.2, 0.25) is 15.1 Å². The fourth-order valence-corrected chi connectivity index (χ4v) is 4.56. The SMILES string of the molecule is Cn1c(-c2ccc(C(=O)Nc3ccc(C(=O)Nc4ccc(Cl)cc4)cc3C(=O)O)cc2)nc2cc(Cl)c(Cl)cc21. The molecule has 1 aromatic heterocycles. The van der Waals surface area contributed by atoms with Gasteiger partial charge in [-0.3, -0.25) is 9.59 Å². The first kappa shape index (κ1) is 27.2. The van der Waals surface area contributed by atoms with E-state index in [1.807, 2.05) is 11.6 Å². The lowest BCUT2D eigenvalue weighted by Gasteiger charge is -2.11. The maximum absolute atomic E-state index is 13.0. The number of hydrogen-bond donors (Lipinski definition) is 3. The lowest BCUT2D eigenvalue weighted by molar-refractivity contribution is 0.0698. The van der Waals surface area contributed by atoms with Crippen LogP contribution in [0.4, 0.5) is 11.4 Å². The first-order valence-corrected chi connectivity index (χ1v) is 12.9. The number of fused-ring (bicyclic) bond motifs is 1. The molecule has 4 aromatic carbocycles. The molecular formula is C29H19Cl3N4O4. The molecule has 5 aromatic rings. The fraction of sp³-hybridized carbons (Fsp3) is 0.0345. The molecule has 5 rings (SSSR count). The second-order valence-electron chi connectivity index (χ2n) is 8.81. The number of carbonyl (C=O) groups is 3. The van der Waals surface area contributed by atoms with Crippen molar-refractivity contribution in [3.63, 3.8) is 0 Å². The van der Waals surface area contributed by atoms with Gasteiger partial charge in [0.2, 0.25) is 0 Å². The van der Waals surface area contributed by atoms with E-state index in [2.05, 4.69) is 15.6 Å². The minimum Gasteiger partial charge on any atom is -0.478 e. The molecule has 200 valence electrons. The van der Waals surface area contributed by atoms with Gasteiger partial charge in [-0.25, -0.2) is 9.78 Å². The average molecular weight is 594 g/mol. The van der Waals surface area contributed by atoms with E-state index < -0.39 is 17.8 Å². The van der Waals surface area contributed by atoms with E-state index in [0.717, 1.165) is 11.1 Å². The normalized spacial score (nSPS) is 10.9. The van der Waals surface area contributed by atoms with Crippen molar-refractivity contribution in [1.29, 1.82) is 0 Å². The molecule has 0 atom stereocenters. The Bertz CT molecular complexity index is 1800. The summed E-state index contributed by atoms with van der Waals surface area (Å²) in [5.74, 6) is -1.67. The van der Waals surface area contributed by atoms with Gasteiger partial charge >= 0.3 is 5.97 Å². The van der Waals surface area contributed by atoms with E-state index in [-0.39, 0.29) is 16.8 Å².